The summed E-state index contributed by atoms with van der Waals surface area (Å²) < 4.78 is 0. The molecule has 0 amide bonds. The third-order valence-corrected chi connectivity index (χ3v) is 2.53. The van der Waals surface area contributed by atoms with Gasteiger partial charge in [-0.25, -0.2) is 0 Å². The van der Waals surface area contributed by atoms with E-state index in [9.17, 15) is 4.79 Å². The Morgan fingerprint density at radius 3 is 2.53 bits per heavy atom. The first-order chi connectivity index (χ1) is 7.68. The summed E-state index contributed by atoms with van der Waals surface area (Å²) in [6.07, 6.45) is 0. The highest BCUT2D eigenvalue weighted by atomic mass is 35.5. The van der Waals surface area contributed by atoms with E-state index in [1.165, 1.54) is 0 Å². The number of carboxylic acids is 1. The van der Waals surface area contributed by atoms with Crippen LogP contribution in [0.3, 0.4) is 0 Å². The molecule has 3 nitrogen and oxygen atoms in total. The molecule has 0 saturated heterocycles. The van der Waals surface area contributed by atoms with E-state index in [1.54, 1.807) is 6.92 Å². The second-order valence-electron chi connectivity index (χ2n) is 3.73. The van der Waals surface area contributed by atoms with E-state index in [1.807, 2.05) is 42.5 Å². The van der Waals surface area contributed by atoms with Crippen LogP contribution in [0, 0.1) is 0 Å². The second-order valence-corrected chi connectivity index (χ2v) is 3.73. The summed E-state index contributed by atoms with van der Waals surface area (Å²) in [4.78, 5) is 10.8. The first-order valence-corrected chi connectivity index (χ1v) is 5.15. The molecule has 2 aromatic rings. The third kappa shape index (κ3) is 2.88. The molecule has 2 rings (SSSR count). The Morgan fingerprint density at radius 2 is 1.82 bits per heavy atom. The van der Waals surface area contributed by atoms with E-state index in [2.05, 4.69) is 5.32 Å². The number of rotatable bonds is 3. The first-order valence-electron chi connectivity index (χ1n) is 5.15. The highest BCUT2D eigenvalue weighted by molar-refractivity contribution is 5.95. The number of hydrogen-bond acceptors (Lipinski definition) is 2. The van der Waals surface area contributed by atoms with E-state index in [0.717, 1.165) is 16.5 Å². The molecule has 0 aliphatic carbocycles. The largest absolute Gasteiger partial charge is 0.480 e. The summed E-state index contributed by atoms with van der Waals surface area (Å²) in [5, 5.41) is 14.0. The number of halogens is 1. The van der Waals surface area contributed by atoms with Crippen LogP contribution in [0.15, 0.2) is 42.5 Å². The van der Waals surface area contributed by atoms with Crippen LogP contribution < -0.4 is 5.32 Å². The molecular weight excluding hydrogens is 238 g/mol. The molecule has 2 aromatic carbocycles. The summed E-state index contributed by atoms with van der Waals surface area (Å²) in [6.45, 7) is 1.63. The van der Waals surface area contributed by atoms with Crippen LogP contribution in [-0.2, 0) is 4.79 Å². The zero-order chi connectivity index (χ0) is 11.5. The molecule has 0 heterocycles. The fourth-order valence-corrected chi connectivity index (χ4v) is 1.65. The fourth-order valence-electron chi connectivity index (χ4n) is 1.65. The number of nitrogens with one attached hydrogen (secondary N) is 1. The maximum absolute atomic E-state index is 10.8. The van der Waals surface area contributed by atoms with Crippen LogP contribution in [0.4, 0.5) is 5.69 Å². The molecule has 90 valence electrons. The van der Waals surface area contributed by atoms with Crippen molar-refractivity contribution in [3.05, 3.63) is 42.5 Å². The van der Waals surface area contributed by atoms with Gasteiger partial charge in [-0.3, -0.25) is 4.79 Å². The molecule has 0 aliphatic rings. The summed E-state index contributed by atoms with van der Waals surface area (Å²) in [5.41, 5.74) is 0.855. The van der Waals surface area contributed by atoms with Gasteiger partial charge >= 0.3 is 5.97 Å². The Hall–Kier alpha value is -1.74. The maximum atomic E-state index is 10.8. The van der Waals surface area contributed by atoms with Crippen molar-refractivity contribution in [1.82, 2.24) is 0 Å². The van der Waals surface area contributed by atoms with E-state index < -0.39 is 12.0 Å². The Balaban J connectivity index is 0.00000144. The molecule has 0 aromatic heterocycles. The van der Waals surface area contributed by atoms with E-state index in [-0.39, 0.29) is 12.4 Å². The number of anilines is 1. The van der Waals surface area contributed by atoms with Gasteiger partial charge in [0.25, 0.3) is 0 Å². The SMILES string of the molecule is C[C@@H](Nc1cccc2ccccc12)C(=O)O.Cl. The third-order valence-electron chi connectivity index (χ3n) is 2.53. The van der Waals surface area contributed by atoms with Gasteiger partial charge in [0.05, 0.1) is 0 Å². The molecule has 0 unspecified atom stereocenters. The Labute approximate surface area is 106 Å². The minimum absolute atomic E-state index is 0. The summed E-state index contributed by atoms with van der Waals surface area (Å²) in [5.74, 6) is -0.854. The summed E-state index contributed by atoms with van der Waals surface area (Å²) in [6, 6.07) is 13.1. The standard InChI is InChI=1S/C13H13NO2.ClH/c1-9(13(15)16)14-12-8-4-6-10-5-2-3-7-11(10)12;/h2-9,14H,1H3,(H,15,16);1H/t9-;/m1./s1. The second kappa shape index (κ2) is 5.55. The van der Waals surface area contributed by atoms with Gasteiger partial charge < -0.3 is 10.4 Å². The van der Waals surface area contributed by atoms with Crippen LogP contribution in [0.25, 0.3) is 10.8 Å². The van der Waals surface area contributed by atoms with Crippen LogP contribution in [0.1, 0.15) is 6.92 Å². The molecule has 17 heavy (non-hydrogen) atoms. The lowest BCUT2D eigenvalue weighted by atomic mass is 10.1. The molecule has 4 heteroatoms. The zero-order valence-electron chi connectivity index (χ0n) is 9.38. The Bertz CT molecular complexity index is 522. The van der Waals surface area contributed by atoms with Crippen molar-refractivity contribution in [1.29, 1.82) is 0 Å². The van der Waals surface area contributed by atoms with Crippen molar-refractivity contribution in [3.8, 4) is 0 Å². The van der Waals surface area contributed by atoms with Gasteiger partial charge in [-0.05, 0) is 18.4 Å². The van der Waals surface area contributed by atoms with Gasteiger partial charge in [-0.1, -0.05) is 36.4 Å². The van der Waals surface area contributed by atoms with Gasteiger partial charge in [0.2, 0.25) is 0 Å². The van der Waals surface area contributed by atoms with Crippen LogP contribution >= 0.6 is 12.4 Å². The maximum Gasteiger partial charge on any atom is 0.325 e. The predicted molar refractivity (Wildman–Crippen MR) is 71.9 cm³/mol. The number of hydrogen-bond donors (Lipinski definition) is 2. The molecular formula is C13H14ClNO2. The fraction of sp³-hybridized carbons (Fsp3) is 0.154. The zero-order valence-corrected chi connectivity index (χ0v) is 10.2. The quantitative estimate of drug-likeness (QED) is 0.881. The first kappa shape index (κ1) is 13.3. The molecule has 0 spiro atoms. The molecule has 0 radical (unpaired) electrons. The van der Waals surface area contributed by atoms with E-state index in [0.29, 0.717) is 0 Å². The molecule has 0 saturated carbocycles. The highest BCUT2D eigenvalue weighted by Crippen LogP contribution is 2.23. The van der Waals surface area contributed by atoms with Crippen molar-refractivity contribution in [3.63, 3.8) is 0 Å². The topological polar surface area (TPSA) is 49.3 Å². The molecule has 0 fully saturated rings. The molecule has 0 bridgehead atoms. The van der Waals surface area contributed by atoms with Gasteiger partial charge in [0.1, 0.15) is 6.04 Å². The average molecular weight is 252 g/mol. The lowest BCUT2D eigenvalue weighted by Gasteiger charge is -2.12. The highest BCUT2D eigenvalue weighted by Gasteiger charge is 2.11. The molecule has 2 N–H and O–H groups in total. The van der Waals surface area contributed by atoms with Crippen LogP contribution in [0.5, 0.6) is 0 Å². The molecule has 1 atom stereocenters. The number of benzene rings is 2. The van der Waals surface area contributed by atoms with Crippen molar-refractivity contribution in [2.24, 2.45) is 0 Å². The van der Waals surface area contributed by atoms with Crippen molar-refractivity contribution in [2.45, 2.75) is 13.0 Å². The van der Waals surface area contributed by atoms with Crippen molar-refractivity contribution < 1.29 is 9.90 Å². The van der Waals surface area contributed by atoms with Gasteiger partial charge in [-0.2, -0.15) is 0 Å². The Morgan fingerprint density at radius 1 is 1.18 bits per heavy atom. The minimum atomic E-state index is -0.854. The number of carbonyl (C=O) groups is 1. The lowest BCUT2D eigenvalue weighted by Crippen LogP contribution is -2.25. The van der Waals surface area contributed by atoms with Crippen LogP contribution in [-0.4, -0.2) is 17.1 Å². The normalized spacial score (nSPS) is 11.6. The molecule has 0 aliphatic heterocycles. The summed E-state index contributed by atoms with van der Waals surface area (Å²) >= 11 is 0. The predicted octanol–water partition coefficient (Wildman–Crippen LogP) is 3.15. The Kier molecular flexibility index (Phi) is 4.35. The lowest BCUT2D eigenvalue weighted by molar-refractivity contribution is -0.137. The monoisotopic (exact) mass is 251 g/mol. The van der Waals surface area contributed by atoms with Gasteiger partial charge in [0.15, 0.2) is 0 Å². The number of carboxylic acid groups (broad SMARTS) is 1. The van der Waals surface area contributed by atoms with E-state index in [4.69, 9.17) is 5.11 Å². The van der Waals surface area contributed by atoms with Gasteiger partial charge in [0, 0.05) is 11.1 Å². The van der Waals surface area contributed by atoms with Crippen LogP contribution in [0.2, 0.25) is 0 Å². The van der Waals surface area contributed by atoms with Crippen molar-refractivity contribution in [2.75, 3.05) is 5.32 Å². The number of aliphatic carboxylic acids is 1. The minimum Gasteiger partial charge on any atom is -0.480 e. The smallest absolute Gasteiger partial charge is 0.325 e. The van der Waals surface area contributed by atoms with Gasteiger partial charge in [-0.15, -0.1) is 12.4 Å². The van der Waals surface area contributed by atoms with Crippen molar-refractivity contribution >= 4 is 34.8 Å². The number of fused-ring (bicyclic) bond motifs is 1. The average Bonchev–Trinajstić information content (AvgIpc) is 2.29. The van der Waals surface area contributed by atoms with E-state index >= 15 is 0 Å². The summed E-state index contributed by atoms with van der Waals surface area (Å²) in [7, 11) is 0.